The Bertz CT molecular complexity index is 1450. The van der Waals surface area contributed by atoms with Crippen molar-refractivity contribution in [2.24, 2.45) is 5.41 Å². The number of halogens is 2. The third-order valence-electron chi connectivity index (χ3n) is 7.55. The number of fused-ring (bicyclic) bond motifs is 4. The summed E-state index contributed by atoms with van der Waals surface area (Å²) < 4.78 is 47.4. The van der Waals surface area contributed by atoms with E-state index in [0.29, 0.717) is 9.80 Å². The van der Waals surface area contributed by atoms with Crippen LogP contribution >= 0.6 is 0 Å². The van der Waals surface area contributed by atoms with Crippen molar-refractivity contribution in [3.05, 3.63) is 41.9 Å². The molecule has 2 aromatic rings. The number of nitrogens with zero attached hydrogens (tertiary/aromatic N) is 5. The van der Waals surface area contributed by atoms with Crippen LogP contribution in [0.15, 0.2) is 24.7 Å². The van der Waals surface area contributed by atoms with E-state index in [-0.39, 0.29) is 29.1 Å². The zero-order valence-electron chi connectivity index (χ0n) is 23.1. The van der Waals surface area contributed by atoms with Gasteiger partial charge in [0.1, 0.15) is 0 Å². The number of amides is 4. The molecule has 0 radical (unpaired) electrons. The summed E-state index contributed by atoms with van der Waals surface area (Å²) in [6.45, 7) is 3.69. The Labute approximate surface area is 238 Å². The van der Waals surface area contributed by atoms with Gasteiger partial charge in [0.2, 0.25) is 0 Å². The molecule has 4 amide bonds. The summed E-state index contributed by atoms with van der Waals surface area (Å²) in [5.74, 6) is -6.09. The lowest BCUT2D eigenvalue weighted by molar-refractivity contribution is -0.176. The Morgan fingerprint density at radius 2 is 1.64 bits per heavy atom. The molecule has 5 rings (SSSR count). The quantitative estimate of drug-likeness (QED) is 0.372. The van der Waals surface area contributed by atoms with Gasteiger partial charge in [0.15, 0.2) is 30.5 Å². The van der Waals surface area contributed by atoms with E-state index in [0.717, 1.165) is 13.8 Å². The summed E-state index contributed by atoms with van der Waals surface area (Å²) in [6, 6.07) is -1.12. The van der Waals surface area contributed by atoms with Crippen LogP contribution in [0, 0.1) is 17.0 Å². The SMILES string of the molecule is CC(=O)OCN1C(=O)N(COC(C)=O)C(=O)C2(Cc3cc(-c4cnccn4)c(F)c(F)c3N3C[C@H](C)O[C@H](C)[C@H]32)C1=O. The molecular formula is C27H27F2N5O8. The highest BCUT2D eigenvalue weighted by Crippen LogP contribution is 2.51. The van der Waals surface area contributed by atoms with Crippen molar-refractivity contribution < 1.29 is 47.0 Å². The van der Waals surface area contributed by atoms with Gasteiger partial charge in [-0.25, -0.2) is 23.4 Å². The number of anilines is 1. The van der Waals surface area contributed by atoms with E-state index in [2.05, 4.69) is 9.97 Å². The molecule has 0 N–H and O–H groups in total. The first-order chi connectivity index (χ1) is 19.9. The maximum Gasteiger partial charge on any atom is 0.339 e. The molecular weight excluding hydrogens is 560 g/mol. The minimum Gasteiger partial charge on any atom is -0.444 e. The van der Waals surface area contributed by atoms with Gasteiger partial charge in [-0.05, 0) is 25.5 Å². The highest BCUT2D eigenvalue weighted by molar-refractivity contribution is 6.20. The van der Waals surface area contributed by atoms with E-state index < -0.39 is 85.0 Å². The summed E-state index contributed by atoms with van der Waals surface area (Å²) in [5.41, 5.74) is -2.47. The monoisotopic (exact) mass is 587 g/mol. The molecule has 3 aliphatic heterocycles. The van der Waals surface area contributed by atoms with Gasteiger partial charge in [-0.2, -0.15) is 0 Å². The Kier molecular flexibility index (Phi) is 7.39. The van der Waals surface area contributed by atoms with E-state index in [9.17, 15) is 24.0 Å². The lowest BCUT2D eigenvalue weighted by Crippen LogP contribution is -2.76. The van der Waals surface area contributed by atoms with Crippen molar-refractivity contribution in [2.45, 2.75) is 52.4 Å². The predicted molar refractivity (Wildman–Crippen MR) is 137 cm³/mol. The Hall–Kier alpha value is -4.53. The van der Waals surface area contributed by atoms with E-state index >= 15 is 8.78 Å². The second-order valence-electron chi connectivity index (χ2n) is 10.3. The van der Waals surface area contributed by atoms with Crippen molar-refractivity contribution in [3.8, 4) is 11.3 Å². The van der Waals surface area contributed by atoms with Crippen LogP contribution in [0.25, 0.3) is 11.3 Å². The molecule has 2 fully saturated rings. The maximum absolute atomic E-state index is 16.0. The molecule has 0 bridgehead atoms. The second-order valence-corrected chi connectivity index (χ2v) is 10.3. The molecule has 13 nitrogen and oxygen atoms in total. The number of rotatable bonds is 5. The number of morpholine rings is 1. The summed E-state index contributed by atoms with van der Waals surface area (Å²) in [5, 5.41) is 0. The zero-order chi connectivity index (χ0) is 30.5. The lowest BCUT2D eigenvalue weighted by Gasteiger charge is -2.57. The molecule has 0 saturated carbocycles. The number of barbiturate groups is 1. The van der Waals surface area contributed by atoms with Gasteiger partial charge < -0.3 is 19.1 Å². The first-order valence-corrected chi connectivity index (χ1v) is 13.0. The average molecular weight is 588 g/mol. The molecule has 3 atom stereocenters. The van der Waals surface area contributed by atoms with Crippen LogP contribution in [0.1, 0.15) is 33.3 Å². The molecule has 0 unspecified atom stereocenters. The van der Waals surface area contributed by atoms with E-state index in [1.807, 2.05) is 0 Å². The van der Waals surface area contributed by atoms with Crippen LogP contribution in [-0.2, 0) is 39.8 Å². The predicted octanol–water partition coefficient (Wildman–Crippen LogP) is 1.78. The first kappa shape index (κ1) is 29.0. The van der Waals surface area contributed by atoms with Gasteiger partial charge in [-0.3, -0.25) is 29.1 Å². The van der Waals surface area contributed by atoms with Gasteiger partial charge in [0.25, 0.3) is 11.8 Å². The summed E-state index contributed by atoms with van der Waals surface area (Å²) in [4.78, 5) is 75.7. The van der Waals surface area contributed by atoms with Gasteiger partial charge >= 0.3 is 18.0 Å². The van der Waals surface area contributed by atoms with E-state index in [1.165, 1.54) is 29.6 Å². The molecule has 2 saturated heterocycles. The van der Waals surface area contributed by atoms with Crippen molar-refractivity contribution in [1.82, 2.24) is 19.8 Å². The number of urea groups is 1. The first-order valence-electron chi connectivity index (χ1n) is 13.0. The standard InChI is InChI=1S/C27H27F2N5O8/c1-13-10-32-22-17(7-18(20(28)21(22)29)19-9-30-5-6-31-19)8-27(23(32)14(2)42-13)24(37)33(11-40-15(3)35)26(39)34(25(27)38)12-41-16(4)36/h5-7,9,13-14,23H,8,10-12H2,1-4H3/t13-,14+,23-/m0/s1. The summed E-state index contributed by atoms with van der Waals surface area (Å²) >= 11 is 0. The van der Waals surface area contributed by atoms with Crippen molar-refractivity contribution >= 4 is 35.5 Å². The fourth-order valence-corrected chi connectivity index (χ4v) is 6.00. The number of imide groups is 2. The number of hydrogen-bond acceptors (Lipinski definition) is 11. The normalized spacial score (nSPS) is 23.0. The molecule has 1 aromatic heterocycles. The van der Waals surface area contributed by atoms with Crippen LogP contribution in [0.3, 0.4) is 0 Å². The smallest absolute Gasteiger partial charge is 0.339 e. The number of ether oxygens (including phenoxy) is 3. The maximum atomic E-state index is 16.0. The summed E-state index contributed by atoms with van der Waals surface area (Å²) in [6.07, 6.45) is 1.98. The molecule has 4 heterocycles. The molecule has 1 spiro atoms. The second kappa shape index (κ2) is 10.7. The number of benzene rings is 1. The van der Waals surface area contributed by atoms with Crippen molar-refractivity contribution in [2.75, 3.05) is 24.9 Å². The number of aromatic nitrogens is 2. The number of carbonyl (C=O) groups is 5. The highest BCUT2D eigenvalue weighted by atomic mass is 19.2. The topological polar surface area (TPSA) is 149 Å². The zero-order valence-corrected chi connectivity index (χ0v) is 23.1. The van der Waals surface area contributed by atoms with Crippen LogP contribution in [0.2, 0.25) is 0 Å². The van der Waals surface area contributed by atoms with Crippen LogP contribution < -0.4 is 4.90 Å². The van der Waals surface area contributed by atoms with E-state index in [4.69, 9.17) is 14.2 Å². The van der Waals surface area contributed by atoms with Crippen molar-refractivity contribution in [3.63, 3.8) is 0 Å². The fourth-order valence-electron chi connectivity index (χ4n) is 6.00. The number of carbonyl (C=O) groups excluding carboxylic acids is 5. The Morgan fingerprint density at radius 1 is 1.02 bits per heavy atom. The van der Waals surface area contributed by atoms with Crippen LogP contribution in [0.4, 0.5) is 19.3 Å². The minimum atomic E-state index is -2.16. The Balaban J connectivity index is 1.74. The fraction of sp³-hybridized carbons (Fsp3) is 0.444. The molecule has 42 heavy (non-hydrogen) atoms. The van der Waals surface area contributed by atoms with Gasteiger partial charge in [-0.1, -0.05) is 0 Å². The van der Waals surface area contributed by atoms with Crippen LogP contribution in [0.5, 0.6) is 0 Å². The average Bonchev–Trinajstić information content (AvgIpc) is 2.93. The molecule has 222 valence electrons. The number of hydrogen-bond donors (Lipinski definition) is 0. The molecule has 3 aliphatic rings. The largest absolute Gasteiger partial charge is 0.444 e. The molecule has 1 aromatic carbocycles. The van der Waals surface area contributed by atoms with Gasteiger partial charge in [-0.15, -0.1) is 0 Å². The lowest BCUT2D eigenvalue weighted by atomic mass is 9.65. The van der Waals surface area contributed by atoms with Crippen molar-refractivity contribution in [1.29, 1.82) is 0 Å². The van der Waals surface area contributed by atoms with Gasteiger partial charge in [0, 0.05) is 44.8 Å². The highest BCUT2D eigenvalue weighted by Gasteiger charge is 2.67. The summed E-state index contributed by atoms with van der Waals surface area (Å²) in [7, 11) is 0. The Morgan fingerprint density at radius 3 is 2.19 bits per heavy atom. The molecule has 0 aliphatic carbocycles. The number of esters is 2. The minimum absolute atomic E-state index is 0.0148. The van der Waals surface area contributed by atoms with Crippen LogP contribution in [-0.4, -0.2) is 87.8 Å². The third-order valence-corrected chi connectivity index (χ3v) is 7.55. The third kappa shape index (κ3) is 4.53. The van der Waals surface area contributed by atoms with Gasteiger partial charge in [0.05, 0.1) is 35.8 Å². The molecule has 15 heteroatoms. The van der Waals surface area contributed by atoms with E-state index in [1.54, 1.807) is 13.8 Å².